The van der Waals surface area contributed by atoms with Crippen LogP contribution in [0, 0.1) is 0 Å². The van der Waals surface area contributed by atoms with Gasteiger partial charge in [-0.2, -0.15) is 4.98 Å². The van der Waals surface area contributed by atoms with E-state index in [1.165, 1.54) is 11.1 Å². The van der Waals surface area contributed by atoms with Gasteiger partial charge in [-0.1, -0.05) is 25.1 Å². The molecule has 43 heavy (non-hydrogen) atoms. The molecule has 0 bridgehead atoms. The minimum atomic E-state index is -0.970. The van der Waals surface area contributed by atoms with Gasteiger partial charge in [-0.25, -0.2) is 19.3 Å². The molecule has 4 aromatic rings. The van der Waals surface area contributed by atoms with E-state index in [1.807, 2.05) is 19.1 Å². The number of aliphatic hydroxyl groups is 2. The van der Waals surface area contributed by atoms with Gasteiger partial charge in [0.25, 0.3) is 5.56 Å². The lowest BCUT2D eigenvalue weighted by molar-refractivity contribution is 0.0305. The highest BCUT2D eigenvalue weighted by Crippen LogP contribution is 2.38. The second-order valence-electron chi connectivity index (χ2n) is 12.3. The molecule has 10 nitrogen and oxygen atoms in total. The Bertz CT molecular complexity index is 1750. The van der Waals surface area contributed by atoms with Gasteiger partial charge in [-0.15, -0.1) is 6.58 Å². The number of aryl methyl sites for hydroxylation is 2. The van der Waals surface area contributed by atoms with Crippen molar-refractivity contribution >= 4 is 22.7 Å². The summed E-state index contributed by atoms with van der Waals surface area (Å²) in [6.45, 7) is 8.03. The zero-order chi connectivity index (χ0) is 29.7. The number of nitrogens with one attached hydrogen (secondary N) is 1. The number of rotatable bonds is 7. The quantitative estimate of drug-likeness (QED) is 0.282. The summed E-state index contributed by atoms with van der Waals surface area (Å²) in [5.41, 5.74) is 4.57. The van der Waals surface area contributed by atoms with Crippen molar-refractivity contribution in [3.05, 3.63) is 81.9 Å². The summed E-state index contributed by atoms with van der Waals surface area (Å²) in [5, 5.41) is 24.8. The van der Waals surface area contributed by atoms with Crippen LogP contribution in [-0.2, 0) is 31.4 Å². The van der Waals surface area contributed by atoms with Gasteiger partial charge < -0.3 is 15.5 Å². The molecule has 10 heteroatoms. The second-order valence-corrected chi connectivity index (χ2v) is 12.3. The van der Waals surface area contributed by atoms with Crippen molar-refractivity contribution in [3.63, 3.8) is 0 Å². The average Bonchev–Trinajstić information content (AvgIpc) is 3.50. The first-order valence-corrected chi connectivity index (χ1v) is 15.5. The molecule has 224 valence electrons. The van der Waals surface area contributed by atoms with Gasteiger partial charge in [0.1, 0.15) is 11.0 Å². The van der Waals surface area contributed by atoms with E-state index in [2.05, 4.69) is 40.0 Å². The Morgan fingerprint density at radius 3 is 2.70 bits per heavy atom. The summed E-state index contributed by atoms with van der Waals surface area (Å²) in [6.07, 6.45) is 9.95. The lowest BCUT2D eigenvalue weighted by Gasteiger charge is -2.38. The first-order chi connectivity index (χ1) is 20.9. The van der Waals surface area contributed by atoms with Crippen molar-refractivity contribution in [3.8, 4) is 5.82 Å². The number of hydrogen-bond donors (Lipinski definition) is 3. The Morgan fingerprint density at radius 2 is 1.91 bits per heavy atom. The first kappa shape index (κ1) is 27.9. The van der Waals surface area contributed by atoms with Crippen LogP contribution in [-0.4, -0.2) is 64.7 Å². The van der Waals surface area contributed by atoms with Crippen molar-refractivity contribution in [2.45, 2.75) is 82.6 Å². The number of anilines is 2. The summed E-state index contributed by atoms with van der Waals surface area (Å²) >= 11 is 0. The fourth-order valence-corrected chi connectivity index (χ4v) is 7.12. The van der Waals surface area contributed by atoms with Gasteiger partial charge in [-0.3, -0.25) is 9.69 Å². The number of aromatic nitrogens is 5. The van der Waals surface area contributed by atoms with Crippen LogP contribution in [0.1, 0.15) is 61.4 Å². The number of aliphatic hydroxyl groups excluding tert-OH is 1. The molecule has 3 aliphatic rings. The molecule has 2 aliphatic carbocycles. The van der Waals surface area contributed by atoms with E-state index in [0.717, 1.165) is 62.9 Å². The summed E-state index contributed by atoms with van der Waals surface area (Å²) in [4.78, 5) is 30.1. The van der Waals surface area contributed by atoms with Crippen molar-refractivity contribution < 1.29 is 10.2 Å². The van der Waals surface area contributed by atoms with Crippen LogP contribution in [0.3, 0.4) is 0 Å². The van der Waals surface area contributed by atoms with Crippen LogP contribution >= 0.6 is 0 Å². The number of hydrogen-bond acceptors (Lipinski definition) is 8. The third-order valence-electron chi connectivity index (χ3n) is 9.67. The molecule has 3 N–H and O–H groups in total. The topological polar surface area (TPSA) is 121 Å². The van der Waals surface area contributed by atoms with E-state index >= 15 is 0 Å². The fraction of sp³-hybridized carbons (Fsp3) is 0.455. The highest BCUT2D eigenvalue weighted by Gasteiger charge is 2.37. The molecule has 0 radical (unpaired) electrons. The molecule has 7 rings (SSSR count). The number of likely N-dealkylation sites (tertiary alicyclic amines) is 1. The Labute approximate surface area is 250 Å². The SMILES string of the molecule is C=CCn1c(=O)c2cnc(Nc3ccc4c(c3)CCC(N3CCC(O)CC3)C4)nc2n1-c1ccc2c(n1)[C@@](O)(CC)CC2. The number of pyridine rings is 1. The van der Waals surface area contributed by atoms with Crippen molar-refractivity contribution in [2.75, 3.05) is 18.4 Å². The Balaban J connectivity index is 1.19. The molecule has 4 heterocycles. The minimum absolute atomic E-state index is 0.150. The lowest BCUT2D eigenvalue weighted by atomic mass is 9.86. The molecule has 1 fully saturated rings. The molecule has 1 saturated heterocycles. The van der Waals surface area contributed by atoms with Crippen LogP contribution in [0.4, 0.5) is 11.6 Å². The third-order valence-corrected chi connectivity index (χ3v) is 9.67. The van der Waals surface area contributed by atoms with Gasteiger partial charge in [0.05, 0.1) is 18.3 Å². The number of benzene rings is 1. The predicted molar refractivity (Wildman–Crippen MR) is 166 cm³/mol. The summed E-state index contributed by atoms with van der Waals surface area (Å²) in [6, 6.07) is 10.9. The number of piperidine rings is 1. The number of nitrogens with zero attached hydrogens (tertiary/aromatic N) is 6. The van der Waals surface area contributed by atoms with Gasteiger partial charge in [0.2, 0.25) is 5.95 Å². The largest absolute Gasteiger partial charge is 0.393 e. The fourth-order valence-electron chi connectivity index (χ4n) is 7.12. The summed E-state index contributed by atoms with van der Waals surface area (Å²) in [7, 11) is 0. The van der Waals surface area contributed by atoms with Crippen LogP contribution in [0.2, 0.25) is 0 Å². The van der Waals surface area contributed by atoms with Crippen LogP contribution in [0.5, 0.6) is 0 Å². The third kappa shape index (κ3) is 4.97. The van der Waals surface area contributed by atoms with Crippen LogP contribution < -0.4 is 10.9 Å². The molecular weight excluding hydrogens is 542 g/mol. The Morgan fingerprint density at radius 1 is 1.09 bits per heavy atom. The molecule has 3 aromatic heterocycles. The van der Waals surface area contributed by atoms with Gasteiger partial charge in [-0.05, 0) is 86.3 Å². The van der Waals surface area contributed by atoms with Gasteiger partial charge in [0, 0.05) is 31.0 Å². The monoisotopic (exact) mass is 581 g/mol. The normalized spacial score (nSPS) is 22.4. The maximum absolute atomic E-state index is 13.4. The zero-order valence-electron chi connectivity index (χ0n) is 24.7. The van der Waals surface area contributed by atoms with E-state index < -0.39 is 5.60 Å². The summed E-state index contributed by atoms with van der Waals surface area (Å²) in [5.74, 6) is 0.918. The molecule has 0 saturated carbocycles. The minimum Gasteiger partial charge on any atom is -0.393 e. The predicted octanol–water partition coefficient (Wildman–Crippen LogP) is 3.76. The summed E-state index contributed by atoms with van der Waals surface area (Å²) < 4.78 is 3.27. The zero-order valence-corrected chi connectivity index (χ0v) is 24.7. The van der Waals surface area contributed by atoms with Crippen LogP contribution in [0.15, 0.2) is 54.0 Å². The van der Waals surface area contributed by atoms with E-state index in [4.69, 9.17) is 9.97 Å². The number of allylic oxidation sites excluding steroid dienone is 1. The molecular formula is C33H39N7O3. The van der Waals surface area contributed by atoms with E-state index in [9.17, 15) is 15.0 Å². The Hall–Kier alpha value is -3.86. The molecule has 0 amide bonds. The maximum atomic E-state index is 13.4. The van der Waals surface area contributed by atoms with E-state index in [0.29, 0.717) is 47.4 Å². The highest BCUT2D eigenvalue weighted by molar-refractivity contribution is 5.77. The standard InChI is InChI=1S/C33H39N7O3/c1-3-15-39-31(42)27-20-34-32(37-30(27)40(39)28-10-7-21-11-14-33(43,4-2)29(21)36-28)35-24-8-5-23-19-25(9-6-22(23)18-24)38-16-12-26(41)13-17-38/h3,5,7-8,10,18,20,25-26,41,43H,1,4,6,9,11-17,19H2,2H3,(H,34,35,37)/t25?,33-/m1/s1. The highest BCUT2D eigenvalue weighted by atomic mass is 16.3. The van der Waals surface area contributed by atoms with Crippen molar-refractivity contribution in [1.82, 2.24) is 29.2 Å². The van der Waals surface area contributed by atoms with Gasteiger partial charge >= 0.3 is 0 Å². The molecule has 1 unspecified atom stereocenters. The van der Waals surface area contributed by atoms with Gasteiger partial charge in [0.15, 0.2) is 11.5 Å². The smallest absolute Gasteiger partial charge is 0.278 e. The molecule has 0 spiro atoms. The first-order valence-electron chi connectivity index (χ1n) is 15.5. The van der Waals surface area contributed by atoms with Crippen molar-refractivity contribution in [1.29, 1.82) is 0 Å². The Kier molecular flexibility index (Phi) is 7.15. The molecule has 1 aliphatic heterocycles. The average molecular weight is 582 g/mol. The lowest BCUT2D eigenvalue weighted by Crippen LogP contribution is -2.45. The van der Waals surface area contributed by atoms with Crippen molar-refractivity contribution in [2.24, 2.45) is 0 Å². The maximum Gasteiger partial charge on any atom is 0.278 e. The number of fused-ring (bicyclic) bond motifs is 3. The molecule has 1 aromatic carbocycles. The molecule has 2 atom stereocenters. The second kappa shape index (κ2) is 11.0. The van der Waals surface area contributed by atoms with E-state index in [-0.39, 0.29) is 18.2 Å². The van der Waals surface area contributed by atoms with Crippen LogP contribution in [0.25, 0.3) is 16.9 Å². The van der Waals surface area contributed by atoms with E-state index in [1.54, 1.807) is 21.6 Å².